The first-order valence-corrected chi connectivity index (χ1v) is 4.05. The van der Waals surface area contributed by atoms with E-state index >= 15 is 0 Å². The first kappa shape index (κ1) is 10.7. The minimum Gasteiger partial charge on any atom is -0.311 e. The van der Waals surface area contributed by atoms with Crippen molar-refractivity contribution < 1.29 is 0 Å². The Morgan fingerprint density at radius 3 is 2.25 bits per heavy atom. The van der Waals surface area contributed by atoms with Gasteiger partial charge in [0.15, 0.2) is 0 Å². The lowest BCUT2D eigenvalue weighted by molar-refractivity contribution is 0.936. The number of aromatic amines is 2. The minimum atomic E-state index is -0.440. The molecule has 1 heterocycles. The van der Waals surface area contributed by atoms with E-state index in [1.165, 1.54) is 6.07 Å². The standard InChI is InChI=1S/C6H8N2O2.C2H6/c1-2-4-3-5(9)8-6(10)7-4;1-2/h3H,2H2,1H3,(H2,7,8,9,10);1-2H3. The van der Waals surface area contributed by atoms with E-state index in [0.29, 0.717) is 12.1 Å². The number of nitrogens with one attached hydrogen (secondary N) is 2. The third-order valence-corrected chi connectivity index (χ3v) is 1.20. The summed E-state index contributed by atoms with van der Waals surface area (Å²) in [7, 11) is 0. The van der Waals surface area contributed by atoms with Crippen LogP contribution in [0.3, 0.4) is 0 Å². The van der Waals surface area contributed by atoms with Gasteiger partial charge < -0.3 is 4.98 Å². The fourth-order valence-corrected chi connectivity index (χ4v) is 0.710. The molecule has 2 N–H and O–H groups in total. The van der Waals surface area contributed by atoms with Crippen LogP contribution >= 0.6 is 0 Å². The van der Waals surface area contributed by atoms with E-state index in [4.69, 9.17) is 0 Å². The average Bonchev–Trinajstić information content (AvgIpc) is 2.06. The Balaban J connectivity index is 0.000000561. The van der Waals surface area contributed by atoms with Crippen LogP contribution in [0.25, 0.3) is 0 Å². The zero-order valence-electron chi connectivity index (χ0n) is 7.60. The molecule has 12 heavy (non-hydrogen) atoms. The van der Waals surface area contributed by atoms with Crippen molar-refractivity contribution >= 4 is 0 Å². The van der Waals surface area contributed by atoms with Crippen LogP contribution in [0.4, 0.5) is 0 Å². The SMILES string of the molecule is CC.CCc1cc(=O)[nH]c(=O)[nH]1. The highest BCUT2D eigenvalue weighted by molar-refractivity contribution is 4.97. The van der Waals surface area contributed by atoms with Gasteiger partial charge in [-0.05, 0) is 6.42 Å². The second-order valence-electron chi connectivity index (χ2n) is 1.97. The summed E-state index contributed by atoms with van der Waals surface area (Å²) in [6, 6.07) is 1.38. The predicted molar refractivity (Wildman–Crippen MR) is 48.4 cm³/mol. The van der Waals surface area contributed by atoms with Gasteiger partial charge in [-0.1, -0.05) is 20.8 Å². The highest BCUT2D eigenvalue weighted by Crippen LogP contribution is 1.83. The molecule has 0 atom stereocenters. The normalized spacial score (nSPS) is 8.58. The van der Waals surface area contributed by atoms with Crippen molar-refractivity contribution in [1.29, 1.82) is 0 Å². The van der Waals surface area contributed by atoms with Crippen molar-refractivity contribution in [1.82, 2.24) is 9.97 Å². The van der Waals surface area contributed by atoms with E-state index in [1.807, 2.05) is 20.8 Å². The number of rotatable bonds is 1. The molecule has 4 nitrogen and oxygen atoms in total. The fraction of sp³-hybridized carbons (Fsp3) is 0.500. The van der Waals surface area contributed by atoms with Gasteiger partial charge in [-0.25, -0.2) is 4.79 Å². The van der Waals surface area contributed by atoms with Crippen LogP contribution in [0.1, 0.15) is 26.5 Å². The number of aryl methyl sites for hydroxylation is 1. The quantitative estimate of drug-likeness (QED) is 0.650. The highest BCUT2D eigenvalue weighted by Gasteiger charge is 1.90. The second-order valence-corrected chi connectivity index (χ2v) is 1.97. The van der Waals surface area contributed by atoms with Gasteiger partial charge in [-0.15, -0.1) is 0 Å². The number of hydrogen-bond acceptors (Lipinski definition) is 2. The van der Waals surface area contributed by atoms with Crippen LogP contribution in [0.2, 0.25) is 0 Å². The highest BCUT2D eigenvalue weighted by atomic mass is 16.2. The van der Waals surface area contributed by atoms with E-state index in [0.717, 1.165) is 0 Å². The van der Waals surface area contributed by atoms with Crippen LogP contribution in [0, 0.1) is 0 Å². The van der Waals surface area contributed by atoms with Crippen LogP contribution in [0.5, 0.6) is 0 Å². The van der Waals surface area contributed by atoms with Gasteiger partial charge in [-0.3, -0.25) is 9.78 Å². The third-order valence-electron chi connectivity index (χ3n) is 1.20. The Morgan fingerprint density at radius 1 is 1.25 bits per heavy atom. The zero-order valence-corrected chi connectivity index (χ0v) is 7.60. The fourth-order valence-electron chi connectivity index (χ4n) is 0.710. The zero-order chi connectivity index (χ0) is 9.56. The molecule has 0 aliphatic rings. The number of H-pyrrole nitrogens is 2. The van der Waals surface area contributed by atoms with E-state index in [2.05, 4.69) is 9.97 Å². The molecule has 0 amide bonds. The van der Waals surface area contributed by atoms with E-state index in [-0.39, 0.29) is 5.56 Å². The molecule has 1 aromatic heterocycles. The van der Waals surface area contributed by atoms with Crippen molar-refractivity contribution in [3.05, 3.63) is 32.6 Å². The van der Waals surface area contributed by atoms with Gasteiger partial charge >= 0.3 is 5.69 Å². The third kappa shape index (κ3) is 3.18. The Labute approximate surface area is 70.7 Å². The molecule has 0 bridgehead atoms. The van der Waals surface area contributed by atoms with Gasteiger partial charge in [0.1, 0.15) is 0 Å². The maximum Gasteiger partial charge on any atom is 0.325 e. The lowest BCUT2D eigenvalue weighted by atomic mass is 10.3. The molecule has 4 heteroatoms. The van der Waals surface area contributed by atoms with Gasteiger partial charge in [0.05, 0.1) is 0 Å². The van der Waals surface area contributed by atoms with Crippen molar-refractivity contribution in [3.8, 4) is 0 Å². The Kier molecular flexibility index (Phi) is 4.76. The summed E-state index contributed by atoms with van der Waals surface area (Å²) < 4.78 is 0. The second kappa shape index (κ2) is 5.35. The van der Waals surface area contributed by atoms with E-state index in [1.54, 1.807) is 0 Å². The summed E-state index contributed by atoms with van der Waals surface area (Å²) in [6.07, 6.45) is 0.666. The molecule has 0 aliphatic heterocycles. The lowest BCUT2D eigenvalue weighted by Crippen LogP contribution is -2.22. The lowest BCUT2D eigenvalue weighted by Gasteiger charge is -1.90. The first-order valence-electron chi connectivity index (χ1n) is 4.05. The van der Waals surface area contributed by atoms with Gasteiger partial charge in [0.25, 0.3) is 5.56 Å². The summed E-state index contributed by atoms with van der Waals surface area (Å²) in [4.78, 5) is 25.7. The number of aromatic nitrogens is 2. The summed E-state index contributed by atoms with van der Waals surface area (Å²) >= 11 is 0. The molecular formula is C8H14N2O2. The van der Waals surface area contributed by atoms with Crippen LogP contribution in [0.15, 0.2) is 15.7 Å². The summed E-state index contributed by atoms with van der Waals surface area (Å²) in [5, 5.41) is 0. The molecule has 0 spiro atoms. The van der Waals surface area contributed by atoms with E-state index in [9.17, 15) is 9.59 Å². The average molecular weight is 170 g/mol. The van der Waals surface area contributed by atoms with E-state index < -0.39 is 5.69 Å². The molecule has 0 saturated carbocycles. The van der Waals surface area contributed by atoms with Crippen molar-refractivity contribution in [2.45, 2.75) is 27.2 Å². The summed E-state index contributed by atoms with van der Waals surface area (Å²) in [5.74, 6) is 0. The van der Waals surface area contributed by atoms with Gasteiger partial charge in [0, 0.05) is 11.8 Å². The summed E-state index contributed by atoms with van der Waals surface area (Å²) in [5.41, 5.74) is -0.126. The molecule has 0 aliphatic carbocycles. The van der Waals surface area contributed by atoms with Crippen molar-refractivity contribution in [3.63, 3.8) is 0 Å². The first-order chi connectivity index (χ1) is 5.72. The summed E-state index contributed by atoms with van der Waals surface area (Å²) in [6.45, 7) is 5.87. The molecule has 0 radical (unpaired) electrons. The van der Waals surface area contributed by atoms with Gasteiger partial charge in [0.2, 0.25) is 0 Å². The number of hydrogen-bond donors (Lipinski definition) is 2. The molecule has 0 saturated heterocycles. The topological polar surface area (TPSA) is 65.7 Å². The van der Waals surface area contributed by atoms with Crippen molar-refractivity contribution in [2.24, 2.45) is 0 Å². The van der Waals surface area contributed by atoms with Crippen LogP contribution in [-0.2, 0) is 6.42 Å². The maximum atomic E-state index is 10.6. The van der Waals surface area contributed by atoms with Crippen molar-refractivity contribution in [2.75, 3.05) is 0 Å². The Morgan fingerprint density at radius 2 is 1.83 bits per heavy atom. The monoisotopic (exact) mass is 170 g/mol. The molecule has 68 valence electrons. The molecule has 0 unspecified atom stereocenters. The van der Waals surface area contributed by atoms with Crippen LogP contribution < -0.4 is 11.2 Å². The minimum absolute atomic E-state index is 0.347. The largest absolute Gasteiger partial charge is 0.325 e. The maximum absolute atomic E-state index is 10.6. The predicted octanol–water partition coefficient (Wildman–Crippen LogP) is 0.652. The smallest absolute Gasteiger partial charge is 0.311 e. The molecule has 0 fully saturated rings. The molecular weight excluding hydrogens is 156 g/mol. The molecule has 1 rings (SSSR count). The molecule has 0 aromatic carbocycles. The Bertz CT molecular complexity index is 296. The van der Waals surface area contributed by atoms with Crippen LogP contribution in [-0.4, -0.2) is 9.97 Å². The molecule has 1 aromatic rings. The Hall–Kier alpha value is -1.32. The van der Waals surface area contributed by atoms with Gasteiger partial charge in [-0.2, -0.15) is 0 Å².